The molecule has 1 saturated carbocycles. The van der Waals surface area contributed by atoms with E-state index in [1.807, 2.05) is 7.05 Å². The van der Waals surface area contributed by atoms with E-state index in [1.54, 1.807) is 12.4 Å². The minimum atomic E-state index is 0.292. The van der Waals surface area contributed by atoms with Crippen molar-refractivity contribution in [3.8, 4) is 0 Å². The van der Waals surface area contributed by atoms with Crippen molar-refractivity contribution in [1.29, 1.82) is 0 Å². The number of thiocarbonyl (C=S) groups is 1. The van der Waals surface area contributed by atoms with Gasteiger partial charge < -0.3 is 10.6 Å². The van der Waals surface area contributed by atoms with E-state index in [0.29, 0.717) is 16.7 Å². The smallest absolute Gasteiger partial charge is 0.147 e. The predicted molar refractivity (Wildman–Crippen MR) is 64.0 cm³/mol. The van der Waals surface area contributed by atoms with Crippen LogP contribution in [0.4, 0.5) is 5.82 Å². The van der Waals surface area contributed by atoms with Gasteiger partial charge in [-0.1, -0.05) is 12.2 Å². The van der Waals surface area contributed by atoms with Gasteiger partial charge in [-0.2, -0.15) is 0 Å². The van der Waals surface area contributed by atoms with Crippen LogP contribution in [0.5, 0.6) is 0 Å². The number of hydrogen-bond donors (Lipinski definition) is 1. The van der Waals surface area contributed by atoms with E-state index in [4.69, 9.17) is 18.0 Å². The van der Waals surface area contributed by atoms with Gasteiger partial charge in [-0.25, -0.2) is 9.97 Å². The van der Waals surface area contributed by atoms with Gasteiger partial charge in [0.2, 0.25) is 0 Å². The SMILES string of the molecule is CN(c1cnc(C(N)=S)cn1)C1CCC1. The Kier molecular flexibility index (Phi) is 2.81. The Balaban J connectivity index is 2.11. The molecule has 15 heavy (non-hydrogen) atoms. The second-order valence-electron chi connectivity index (χ2n) is 3.82. The molecule has 0 amide bonds. The van der Waals surface area contributed by atoms with Gasteiger partial charge in [0.1, 0.15) is 16.5 Å². The van der Waals surface area contributed by atoms with Crippen LogP contribution in [0.2, 0.25) is 0 Å². The molecule has 1 heterocycles. The molecule has 0 unspecified atom stereocenters. The molecule has 1 aliphatic carbocycles. The lowest BCUT2D eigenvalue weighted by atomic mass is 9.92. The normalized spacial score (nSPS) is 15.8. The van der Waals surface area contributed by atoms with Crippen LogP contribution in [-0.4, -0.2) is 28.0 Å². The zero-order chi connectivity index (χ0) is 10.8. The lowest BCUT2D eigenvalue weighted by molar-refractivity contribution is 0.399. The summed E-state index contributed by atoms with van der Waals surface area (Å²) in [5.74, 6) is 0.889. The molecule has 0 radical (unpaired) electrons. The Morgan fingerprint density at radius 2 is 2.20 bits per heavy atom. The Morgan fingerprint density at radius 3 is 2.60 bits per heavy atom. The van der Waals surface area contributed by atoms with Crippen LogP contribution < -0.4 is 10.6 Å². The molecule has 4 nitrogen and oxygen atoms in total. The quantitative estimate of drug-likeness (QED) is 0.776. The third-order valence-electron chi connectivity index (χ3n) is 2.87. The summed E-state index contributed by atoms with van der Waals surface area (Å²) < 4.78 is 0. The van der Waals surface area contributed by atoms with Crippen LogP contribution in [0, 0.1) is 0 Å². The van der Waals surface area contributed by atoms with E-state index >= 15 is 0 Å². The largest absolute Gasteiger partial charge is 0.388 e. The minimum Gasteiger partial charge on any atom is -0.388 e. The highest BCUT2D eigenvalue weighted by Gasteiger charge is 2.23. The molecule has 80 valence electrons. The molecule has 2 rings (SSSR count). The number of hydrogen-bond acceptors (Lipinski definition) is 4. The van der Waals surface area contributed by atoms with E-state index in [1.165, 1.54) is 19.3 Å². The molecular formula is C10H14N4S. The average Bonchev–Trinajstić information content (AvgIpc) is 2.15. The molecule has 2 N–H and O–H groups in total. The van der Waals surface area contributed by atoms with E-state index in [2.05, 4.69) is 14.9 Å². The van der Waals surface area contributed by atoms with Gasteiger partial charge in [0, 0.05) is 13.1 Å². The molecule has 0 atom stereocenters. The first-order valence-corrected chi connectivity index (χ1v) is 5.44. The van der Waals surface area contributed by atoms with Crippen molar-refractivity contribution in [2.24, 2.45) is 5.73 Å². The van der Waals surface area contributed by atoms with E-state index in [9.17, 15) is 0 Å². The summed E-state index contributed by atoms with van der Waals surface area (Å²) in [6.07, 6.45) is 7.16. The molecule has 0 aliphatic heterocycles. The second kappa shape index (κ2) is 4.10. The van der Waals surface area contributed by atoms with Crippen LogP contribution in [0.25, 0.3) is 0 Å². The van der Waals surface area contributed by atoms with Crippen molar-refractivity contribution in [3.63, 3.8) is 0 Å². The number of rotatable bonds is 3. The van der Waals surface area contributed by atoms with E-state index < -0.39 is 0 Å². The third-order valence-corrected chi connectivity index (χ3v) is 3.08. The van der Waals surface area contributed by atoms with Gasteiger partial charge in [0.15, 0.2) is 0 Å². The number of anilines is 1. The first-order valence-electron chi connectivity index (χ1n) is 5.03. The topological polar surface area (TPSA) is 55.0 Å². The van der Waals surface area contributed by atoms with Crippen molar-refractivity contribution >= 4 is 23.0 Å². The van der Waals surface area contributed by atoms with Crippen LogP contribution >= 0.6 is 12.2 Å². The molecule has 0 bridgehead atoms. The number of aromatic nitrogens is 2. The highest BCUT2D eigenvalue weighted by atomic mass is 32.1. The second-order valence-corrected chi connectivity index (χ2v) is 4.26. The molecule has 0 spiro atoms. The molecule has 1 fully saturated rings. The number of nitrogens with two attached hydrogens (primary N) is 1. The van der Waals surface area contributed by atoms with Crippen LogP contribution in [0.3, 0.4) is 0 Å². The zero-order valence-electron chi connectivity index (χ0n) is 8.68. The van der Waals surface area contributed by atoms with Crippen molar-refractivity contribution < 1.29 is 0 Å². The lowest BCUT2D eigenvalue weighted by Crippen LogP contribution is -2.37. The fraction of sp³-hybridized carbons (Fsp3) is 0.500. The van der Waals surface area contributed by atoms with Gasteiger partial charge in [0.05, 0.1) is 12.4 Å². The minimum absolute atomic E-state index is 0.292. The molecule has 0 saturated heterocycles. The number of nitrogens with zero attached hydrogens (tertiary/aromatic N) is 3. The third kappa shape index (κ3) is 2.07. The first kappa shape index (κ1) is 10.3. The van der Waals surface area contributed by atoms with Gasteiger partial charge >= 0.3 is 0 Å². The maximum Gasteiger partial charge on any atom is 0.147 e. The summed E-state index contributed by atoms with van der Waals surface area (Å²) in [4.78, 5) is 10.9. The Morgan fingerprint density at radius 1 is 1.47 bits per heavy atom. The monoisotopic (exact) mass is 222 g/mol. The van der Waals surface area contributed by atoms with Crippen molar-refractivity contribution in [3.05, 3.63) is 18.1 Å². The summed E-state index contributed by atoms with van der Waals surface area (Å²) in [7, 11) is 2.05. The maximum atomic E-state index is 5.45. The summed E-state index contributed by atoms with van der Waals surface area (Å²) in [6, 6.07) is 0.620. The Hall–Kier alpha value is -1.23. The maximum absolute atomic E-state index is 5.45. The zero-order valence-corrected chi connectivity index (χ0v) is 9.50. The van der Waals surface area contributed by atoms with Crippen LogP contribution in [0.1, 0.15) is 25.0 Å². The fourth-order valence-electron chi connectivity index (χ4n) is 1.59. The molecular weight excluding hydrogens is 208 g/mol. The standard InChI is InChI=1S/C10H14N4S/c1-14(7-3-2-4-7)9-6-12-8(5-13-9)10(11)15/h5-7H,2-4H2,1H3,(H2,11,15). The molecule has 5 heteroatoms. The summed E-state index contributed by atoms with van der Waals surface area (Å²) >= 11 is 4.82. The van der Waals surface area contributed by atoms with Crippen molar-refractivity contribution in [2.45, 2.75) is 25.3 Å². The lowest BCUT2D eigenvalue weighted by Gasteiger charge is -2.35. The summed E-state index contributed by atoms with van der Waals surface area (Å²) in [6.45, 7) is 0. The van der Waals surface area contributed by atoms with Gasteiger partial charge in [-0.15, -0.1) is 0 Å². The molecule has 1 aromatic rings. The molecule has 1 aromatic heterocycles. The summed E-state index contributed by atoms with van der Waals surface area (Å²) in [5.41, 5.74) is 6.03. The van der Waals surface area contributed by atoms with Gasteiger partial charge in [-0.05, 0) is 19.3 Å². The van der Waals surface area contributed by atoms with E-state index in [0.717, 1.165) is 5.82 Å². The highest BCUT2D eigenvalue weighted by molar-refractivity contribution is 7.80. The first-order chi connectivity index (χ1) is 7.18. The fourth-order valence-corrected chi connectivity index (χ4v) is 1.70. The van der Waals surface area contributed by atoms with Crippen molar-refractivity contribution in [1.82, 2.24) is 9.97 Å². The predicted octanol–water partition coefficient (Wildman–Crippen LogP) is 1.10. The summed E-state index contributed by atoms with van der Waals surface area (Å²) in [5, 5.41) is 0. The average molecular weight is 222 g/mol. The van der Waals surface area contributed by atoms with Gasteiger partial charge in [-0.3, -0.25) is 0 Å². The Bertz CT molecular complexity index is 358. The van der Waals surface area contributed by atoms with Crippen LogP contribution in [0.15, 0.2) is 12.4 Å². The van der Waals surface area contributed by atoms with Gasteiger partial charge in [0.25, 0.3) is 0 Å². The van der Waals surface area contributed by atoms with Crippen LogP contribution in [-0.2, 0) is 0 Å². The highest BCUT2D eigenvalue weighted by Crippen LogP contribution is 2.26. The van der Waals surface area contributed by atoms with Crippen molar-refractivity contribution in [2.75, 3.05) is 11.9 Å². The molecule has 1 aliphatic rings. The van der Waals surface area contributed by atoms with E-state index in [-0.39, 0.29) is 0 Å². The Labute approximate surface area is 94.5 Å². The molecule has 0 aromatic carbocycles.